The molecule has 0 spiro atoms. The molecule has 136 valence electrons. The maximum atomic E-state index is 9.84. The van der Waals surface area contributed by atoms with Gasteiger partial charge in [-0.2, -0.15) is 0 Å². The van der Waals surface area contributed by atoms with Crippen LogP contribution in [-0.2, 0) is 14.2 Å². The lowest BCUT2D eigenvalue weighted by Gasteiger charge is -2.40. The molecule has 0 saturated carbocycles. The first-order chi connectivity index (χ1) is 10.8. The highest BCUT2D eigenvalue weighted by Gasteiger charge is 2.50. The first-order valence-corrected chi connectivity index (χ1v) is 7.08. The van der Waals surface area contributed by atoms with Gasteiger partial charge in [0.25, 0.3) is 0 Å². The van der Waals surface area contributed by atoms with Gasteiger partial charge in [0, 0.05) is 0 Å². The summed E-state index contributed by atoms with van der Waals surface area (Å²) < 4.78 is 15.3. The second-order valence-corrected chi connectivity index (χ2v) is 5.53. The van der Waals surface area contributed by atoms with Gasteiger partial charge in [-0.25, -0.2) is 0 Å². The van der Waals surface area contributed by atoms with Crippen LogP contribution < -0.4 is 0 Å². The molecule has 11 nitrogen and oxygen atoms in total. The Bertz CT molecular complexity index is 380. The molecular formula is C12H22O11. The zero-order valence-corrected chi connectivity index (χ0v) is 12.0. The fraction of sp³-hybridized carbons (Fsp3) is 1.00. The number of hydrogen-bond donors (Lipinski definition) is 8. The van der Waals surface area contributed by atoms with Crippen LogP contribution >= 0.6 is 0 Å². The van der Waals surface area contributed by atoms with Crippen LogP contribution in [-0.4, -0.2) is 115 Å². The van der Waals surface area contributed by atoms with E-state index >= 15 is 0 Å². The van der Waals surface area contributed by atoms with E-state index in [9.17, 15) is 30.6 Å². The third-order valence-corrected chi connectivity index (χ3v) is 3.94. The lowest BCUT2D eigenvalue weighted by Crippen LogP contribution is -2.60. The highest BCUT2D eigenvalue weighted by atomic mass is 16.8. The Balaban J connectivity index is 2.03. The quantitative estimate of drug-likeness (QED) is 0.238. The second-order valence-electron chi connectivity index (χ2n) is 5.53. The van der Waals surface area contributed by atoms with Crippen LogP contribution in [0.2, 0.25) is 0 Å². The van der Waals surface area contributed by atoms with Crippen molar-refractivity contribution in [2.75, 3.05) is 13.2 Å². The summed E-state index contributed by atoms with van der Waals surface area (Å²) in [5.74, 6) is 0. The number of hydrogen-bond acceptors (Lipinski definition) is 11. The molecule has 11 heteroatoms. The Hall–Kier alpha value is -0.440. The molecule has 23 heavy (non-hydrogen) atoms. The molecule has 0 radical (unpaired) electrons. The molecule has 0 amide bonds. The van der Waals surface area contributed by atoms with E-state index in [1.165, 1.54) is 0 Å². The number of ether oxygens (including phenoxy) is 3. The van der Waals surface area contributed by atoms with Crippen LogP contribution in [0.1, 0.15) is 0 Å². The molecule has 0 aliphatic carbocycles. The Labute approximate surface area is 130 Å². The number of aliphatic hydroxyl groups excluding tert-OH is 8. The largest absolute Gasteiger partial charge is 0.394 e. The minimum atomic E-state index is -1.71. The Morgan fingerprint density at radius 2 is 1.35 bits per heavy atom. The van der Waals surface area contributed by atoms with Gasteiger partial charge in [-0.05, 0) is 0 Å². The third-order valence-electron chi connectivity index (χ3n) is 3.94. The van der Waals surface area contributed by atoms with Gasteiger partial charge >= 0.3 is 0 Å². The maximum Gasteiger partial charge on any atom is 0.189 e. The minimum Gasteiger partial charge on any atom is -0.394 e. The smallest absolute Gasteiger partial charge is 0.189 e. The van der Waals surface area contributed by atoms with Gasteiger partial charge in [0.2, 0.25) is 0 Å². The van der Waals surface area contributed by atoms with E-state index in [1.807, 2.05) is 0 Å². The topological polar surface area (TPSA) is 190 Å². The van der Waals surface area contributed by atoms with Crippen molar-refractivity contribution in [2.24, 2.45) is 0 Å². The standard InChI is InChI=1S/C12H22O11/c13-1-3(15)10-7(18)9(20)12(22-10)23-11-8(19)6(17)5(16)4(2-14)21-11/h3-20H,1-2H2/t3-,4-,5-,6+,7-,8+,9+,10-,11-,12?/m1/s1. The molecule has 0 aromatic carbocycles. The van der Waals surface area contributed by atoms with Crippen LogP contribution in [0.5, 0.6) is 0 Å². The summed E-state index contributed by atoms with van der Waals surface area (Å²) in [6, 6.07) is 0. The van der Waals surface area contributed by atoms with Gasteiger partial charge < -0.3 is 55.1 Å². The van der Waals surface area contributed by atoms with Crippen LogP contribution in [0.15, 0.2) is 0 Å². The fourth-order valence-corrected chi connectivity index (χ4v) is 2.52. The summed E-state index contributed by atoms with van der Waals surface area (Å²) >= 11 is 0. The van der Waals surface area contributed by atoms with Crippen molar-refractivity contribution in [3.63, 3.8) is 0 Å². The third kappa shape index (κ3) is 3.65. The van der Waals surface area contributed by atoms with Crippen molar-refractivity contribution in [3.8, 4) is 0 Å². The Kier molecular flexibility index (Phi) is 6.27. The molecule has 10 atom stereocenters. The molecule has 8 N–H and O–H groups in total. The molecule has 2 aliphatic heterocycles. The van der Waals surface area contributed by atoms with E-state index in [-0.39, 0.29) is 0 Å². The average Bonchev–Trinajstić information content (AvgIpc) is 2.83. The summed E-state index contributed by atoms with van der Waals surface area (Å²) in [4.78, 5) is 0. The summed E-state index contributed by atoms with van der Waals surface area (Å²) in [5.41, 5.74) is 0. The molecule has 0 aromatic rings. The van der Waals surface area contributed by atoms with Crippen molar-refractivity contribution in [1.82, 2.24) is 0 Å². The molecule has 2 fully saturated rings. The van der Waals surface area contributed by atoms with E-state index in [0.717, 1.165) is 0 Å². The van der Waals surface area contributed by atoms with E-state index in [0.29, 0.717) is 0 Å². The second kappa shape index (κ2) is 7.63. The fourth-order valence-electron chi connectivity index (χ4n) is 2.52. The molecule has 2 aliphatic rings. The van der Waals surface area contributed by atoms with Crippen LogP contribution in [0, 0.1) is 0 Å². The summed E-state index contributed by atoms with van der Waals surface area (Å²) in [6.45, 7) is -1.38. The van der Waals surface area contributed by atoms with Gasteiger partial charge in [-0.3, -0.25) is 0 Å². The molecular weight excluding hydrogens is 320 g/mol. The first kappa shape index (κ1) is 18.9. The molecule has 0 bridgehead atoms. The van der Waals surface area contributed by atoms with Gasteiger partial charge in [-0.1, -0.05) is 0 Å². The molecule has 2 heterocycles. The normalized spacial score (nSPS) is 49.3. The molecule has 0 aromatic heterocycles. The molecule has 1 unspecified atom stereocenters. The zero-order chi connectivity index (χ0) is 17.3. The summed E-state index contributed by atoms with van der Waals surface area (Å²) in [7, 11) is 0. The van der Waals surface area contributed by atoms with E-state index in [4.69, 9.17) is 24.4 Å². The zero-order valence-electron chi connectivity index (χ0n) is 12.0. The summed E-state index contributed by atoms with van der Waals surface area (Å²) in [5, 5.41) is 76.1. The monoisotopic (exact) mass is 342 g/mol. The lowest BCUT2D eigenvalue weighted by atomic mass is 9.99. The van der Waals surface area contributed by atoms with Crippen molar-refractivity contribution >= 4 is 0 Å². The molecule has 2 rings (SSSR count). The number of rotatable bonds is 5. The Morgan fingerprint density at radius 3 is 1.91 bits per heavy atom. The van der Waals surface area contributed by atoms with E-state index in [2.05, 4.69) is 0 Å². The van der Waals surface area contributed by atoms with Gasteiger partial charge in [0.05, 0.1) is 13.2 Å². The average molecular weight is 342 g/mol. The maximum absolute atomic E-state index is 9.84. The van der Waals surface area contributed by atoms with Crippen molar-refractivity contribution < 1.29 is 55.1 Å². The highest BCUT2D eigenvalue weighted by molar-refractivity contribution is 4.93. The van der Waals surface area contributed by atoms with Crippen LogP contribution in [0.25, 0.3) is 0 Å². The van der Waals surface area contributed by atoms with Gasteiger partial charge in [-0.15, -0.1) is 0 Å². The van der Waals surface area contributed by atoms with Crippen molar-refractivity contribution in [3.05, 3.63) is 0 Å². The molecule has 2 saturated heterocycles. The first-order valence-electron chi connectivity index (χ1n) is 7.08. The minimum absolute atomic E-state index is 0.659. The van der Waals surface area contributed by atoms with E-state index < -0.39 is 74.6 Å². The summed E-state index contributed by atoms with van der Waals surface area (Å²) in [6.07, 6.45) is -15.2. The predicted molar refractivity (Wildman–Crippen MR) is 68.6 cm³/mol. The van der Waals surface area contributed by atoms with Crippen molar-refractivity contribution in [2.45, 2.75) is 61.4 Å². The van der Waals surface area contributed by atoms with Crippen molar-refractivity contribution in [1.29, 1.82) is 0 Å². The SMILES string of the molecule is OC[C@@H](O)[C@H]1OC(O[C@H]2O[C@H](CO)[C@@H](O)[C@H](O)[C@@H]2O)[C@@H](O)[C@H]1O. The van der Waals surface area contributed by atoms with Crippen LogP contribution in [0.4, 0.5) is 0 Å². The van der Waals surface area contributed by atoms with E-state index in [1.54, 1.807) is 0 Å². The van der Waals surface area contributed by atoms with Gasteiger partial charge in [0.15, 0.2) is 12.6 Å². The van der Waals surface area contributed by atoms with Gasteiger partial charge in [0.1, 0.15) is 48.8 Å². The highest BCUT2D eigenvalue weighted by Crippen LogP contribution is 2.29. The number of aliphatic hydroxyl groups is 8. The Morgan fingerprint density at radius 1 is 0.783 bits per heavy atom. The van der Waals surface area contributed by atoms with Crippen LogP contribution in [0.3, 0.4) is 0 Å². The lowest BCUT2D eigenvalue weighted by molar-refractivity contribution is -0.342. The predicted octanol–water partition coefficient (Wildman–Crippen LogP) is -5.40.